The van der Waals surface area contributed by atoms with Crippen LogP contribution in [0, 0.1) is 0 Å². The Labute approximate surface area is 209 Å². The third kappa shape index (κ3) is 5.44. The monoisotopic (exact) mass is 478 g/mol. The van der Waals surface area contributed by atoms with E-state index in [1.807, 2.05) is 98.0 Å². The molecule has 2 heterocycles. The van der Waals surface area contributed by atoms with Crippen molar-refractivity contribution in [3.05, 3.63) is 126 Å². The molecule has 0 unspecified atom stereocenters. The summed E-state index contributed by atoms with van der Waals surface area (Å²) in [4.78, 5) is 22.1. The van der Waals surface area contributed by atoms with Gasteiger partial charge in [-0.15, -0.1) is 0 Å². The van der Waals surface area contributed by atoms with Crippen LogP contribution < -0.4 is 5.32 Å². The van der Waals surface area contributed by atoms with Crippen molar-refractivity contribution >= 4 is 28.8 Å². The predicted molar refractivity (Wildman–Crippen MR) is 141 cm³/mol. The molecule has 0 saturated heterocycles. The number of pyridine rings is 1. The van der Waals surface area contributed by atoms with Gasteiger partial charge in [-0.1, -0.05) is 84.6 Å². The van der Waals surface area contributed by atoms with Crippen LogP contribution in [-0.2, 0) is 12.3 Å². The number of hydrogen-bond donors (Lipinski definition) is 1. The van der Waals surface area contributed by atoms with Gasteiger partial charge in [0.05, 0.1) is 12.6 Å². The number of nitrogens with one attached hydrogen (secondary N) is 1. The van der Waals surface area contributed by atoms with E-state index in [-0.39, 0.29) is 11.9 Å². The highest BCUT2D eigenvalue weighted by Crippen LogP contribution is 2.27. The molecule has 3 aromatic carbocycles. The van der Waals surface area contributed by atoms with Gasteiger partial charge in [-0.25, -0.2) is 9.97 Å². The minimum Gasteiger partial charge on any atom is -0.346 e. The Bertz CT molecular complexity index is 1420. The summed E-state index contributed by atoms with van der Waals surface area (Å²) in [6.45, 7) is 2.71. The Balaban J connectivity index is 1.27. The number of hydrogen-bond acceptors (Lipinski definition) is 4. The maximum atomic E-state index is 12.7. The molecule has 6 heteroatoms. The molecule has 1 amide bonds. The highest BCUT2D eigenvalue weighted by Gasteiger charge is 2.14. The first kappa shape index (κ1) is 22.9. The molecule has 0 aliphatic rings. The van der Waals surface area contributed by atoms with Gasteiger partial charge < -0.3 is 5.32 Å². The van der Waals surface area contributed by atoms with Crippen LogP contribution >= 0.6 is 11.8 Å². The molecule has 0 aliphatic carbocycles. The summed E-state index contributed by atoms with van der Waals surface area (Å²) in [5, 5.41) is 4.00. The second kappa shape index (κ2) is 10.6. The van der Waals surface area contributed by atoms with E-state index in [4.69, 9.17) is 4.98 Å². The van der Waals surface area contributed by atoms with Crippen LogP contribution in [0.25, 0.3) is 11.2 Å². The SMILES string of the molecule is C[C@@H](NC(=O)c1ccc(CSc2nc3cccnc3n2Cc2ccccc2)cc1)c1ccccc1. The molecule has 0 bridgehead atoms. The van der Waals surface area contributed by atoms with E-state index in [9.17, 15) is 4.79 Å². The molecule has 1 atom stereocenters. The highest BCUT2D eigenvalue weighted by molar-refractivity contribution is 7.98. The van der Waals surface area contributed by atoms with Gasteiger partial charge in [-0.2, -0.15) is 0 Å². The van der Waals surface area contributed by atoms with Crippen molar-refractivity contribution in [3.8, 4) is 0 Å². The normalized spacial score (nSPS) is 11.9. The van der Waals surface area contributed by atoms with Crippen LogP contribution in [0.3, 0.4) is 0 Å². The molecule has 5 nitrogen and oxygen atoms in total. The fourth-order valence-corrected chi connectivity index (χ4v) is 4.92. The summed E-state index contributed by atoms with van der Waals surface area (Å²) in [6, 6.07) is 32.0. The summed E-state index contributed by atoms with van der Waals surface area (Å²) < 4.78 is 2.17. The predicted octanol–water partition coefficient (Wildman–Crippen LogP) is 6.26. The first-order valence-electron chi connectivity index (χ1n) is 11.6. The molecule has 5 aromatic rings. The van der Waals surface area contributed by atoms with E-state index in [1.165, 1.54) is 5.56 Å². The smallest absolute Gasteiger partial charge is 0.251 e. The number of carbonyl (C=O) groups excluding carboxylic acids is 1. The third-order valence-electron chi connectivity index (χ3n) is 5.88. The fourth-order valence-electron chi connectivity index (χ4n) is 3.96. The number of aromatic nitrogens is 3. The summed E-state index contributed by atoms with van der Waals surface area (Å²) >= 11 is 1.68. The zero-order valence-electron chi connectivity index (χ0n) is 19.5. The fraction of sp³-hybridized carbons (Fsp3) is 0.138. The first-order valence-corrected chi connectivity index (χ1v) is 12.6. The summed E-state index contributed by atoms with van der Waals surface area (Å²) in [6.07, 6.45) is 1.81. The van der Waals surface area contributed by atoms with Crippen LogP contribution in [0.5, 0.6) is 0 Å². The van der Waals surface area contributed by atoms with Crippen LogP contribution in [0.1, 0.15) is 40.0 Å². The lowest BCUT2D eigenvalue weighted by molar-refractivity contribution is 0.0940. The second-order valence-corrected chi connectivity index (χ2v) is 9.35. The van der Waals surface area contributed by atoms with Gasteiger partial charge in [0, 0.05) is 17.5 Å². The molecule has 0 aliphatic heterocycles. The minimum atomic E-state index is -0.0729. The highest BCUT2D eigenvalue weighted by atomic mass is 32.2. The maximum absolute atomic E-state index is 12.7. The van der Waals surface area contributed by atoms with Crippen LogP contribution in [0.2, 0.25) is 0 Å². The van der Waals surface area contributed by atoms with E-state index >= 15 is 0 Å². The van der Waals surface area contributed by atoms with E-state index in [0.29, 0.717) is 5.56 Å². The molecule has 174 valence electrons. The Hall–Kier alpha value is -3.90. The van der Waals surface area contributed by atoms with Gasteiger partial charge in [0.1, 0.15) is 5.52 Å². The van der Waals surface area contributed by atoms with Crippen molar-refractivity contribution in [2.45, 2.75) is 30.4 Å². The zero-order valence-corrected chi connectivity index (χ0v) is 20.3. The maximum Gasteiger partial charge on any atom is 0.251 e. The summed E-state index contributed by atoms with van der Waals surface area (Å²) in [5.74, 6) is 0.678. The van der Waals surface area contributed by atoms with Crippen molar-refractivity contribution in [2.75, 3.05) is 0 Å². The lowest BCUT2D eigenvalue weighted by Crippen LogP contribution is -2.26. The number of fused-ring (bicyclic) bond motifs is 1. The van der Waals surface area contributed by atoms with Gasteiger partial charge in [0.25, 0.3) is 5.91 Å². The molecule has 35 heavy (non-hydrogen) atoms. The van der Waals surface area contributed by atoms with Crippen LogP contribution in [0.15, 0.2) is 108 Å². The Kier molecular flexibility index (Phi) is 6.91. The minimum absolute atomic E-state index is 0.0508. The lowest BCUT2D eigenvalue weighted by Gasteiger charge is -2.14. The summed E-state index contributed by atoms with van der Waals surface area (Å²) in [7, 11) is 0. The van der Waals surface area contributed by atoms with Crippen molar-refractivity contribution < 1.29 is 4.79 Å². The number of rotatable bonds is 8. The molecular weight excluding hydrogens is 452 g/mol. The molecule has 0 fully saturated rings. The van der Waals surface area contributed by atoms with Gasteiger partial charge >= 0.3 is 0 Å². The molecule has 0 saturated carbocycles. The molecule has 0 radical (unpaired) electrons. The Morgan fingerprint density at radius 3 is 2.34 bits per heavy atom. The van der Waals surface area contributed by atoms with E-state index in [1.54, 1.807) is 11.8 Å². The van der Waals surface area contributed by atoms with Crippen LogP contribution in [-0.4, -0.2) is 20.4 Å². The van der Waals surface area contributed by atoms with E-state index < -0.39 is 0 Å². The number of amides is 1. The number of carbonyl (C=O) groups is 1. The first-order chi connectivity index (χ1) is 17.2. The lowest BCUT2D eigenvalue weighted by atomic mass is 10.1. The topological polar surface area (TPSA) is 59.8 Å². The third-order valence-corrected chi connectivity index (χ3v) is 6.93. The quantitative estimate of drug-likeness (QED) is 0.267. The number of imidazole rings is 1. The second-order valence-electron chi connectivity index (χ2n) is 8.40. The summed E-state index contributed by atoms with van der Waals surface area (Å²) in [5.41, 5.74) is 5.86. The Morgan fingerprint density at radius 1 is 0.886 bits per heavy atom. The van der Waals surface area contributed by atoms with E-state index in [2.05, 4.69) is 27.0 Å². The van der Waals surface area contributed by atoms with Gasteiger partial charge in [0.15, 0.2) is 10.8 Å². The largest absolute Gasteiger partial charge is 0.346 e. The molecule has 5 rings (SSSR count). The zero-order chi connectivity index (χ0) is 24.0. The van der Waals surface area contributed by atoms with Crippen molar-refractivity contribution in [3.63, 3.8) is 0 Å². The number of nitrogens with zero attached hydrogens (tertiary/aromatic N) is 3. The van der Waals surface area contributed by atoms with Crippen LogP contribution in [0.4, 0.5) is 0 Å². The van der Waals surface area contributed by atoms with Gasteiger partial charge in [-0.3, -0.25) is 9.36 Å². The van der Waals surface area contributed by atoms with Crippen molar-refractivity contribution in [2.24, 2.45) is 0 Å². The van der Waals surface area contributed by atoms with Crippen molar-refractivity contribution in [1.82, 2.24) is 19.9 Å². The average molecular weight is 479 g/mol. The van der Waals surface area contributed by atoms with E-state index in [0.717, 1.165) is 39.7 Å². The molecule has 1 N–H and O–H groups in total. The Morgan fingerprint density at radius 2 is 1.60 bits per heavy atom. The standard InChI is InChI=1S/C29H26N4OS/c1-21(24-11-6-3-7-12-24)31-28(34)25-16-14-23(15-17-25)20-35-29-32-26-13-8-18-30-27(26)33(29)19-22-9-4-2-5-10-22/h2-18,21H,19-20H2,1H3,(H,31,34)/t21-/m1/s1. The van der Waals surface area contributed by atoms with Crippen molar-refractivity contribution in [1.29, 1.82) is 0 Å². The molecule has 2 aromatic heterocycles. The van der Waals surface area contributed by atoms with Gasteiger partial charge in [0.2, 0.25) is 0 Å². The molecule has 0 spiro atoms. The average Bonchev–Trinajstić information content (AvgIpc) is 3.26. The molecular formula is C29H26N4OS. The number of thioether (sulfide) groups is 1. The van der Waals surface area contributed by atoms with Gasteiger partial charge in [-0.05, 0) is 47.9 Å². The number of benzene rings is 3.